The number of carbonyl (C=O) groups is 1. The molecule has 1 aliphatic rings. The van der Waals surface area contributed by atoms with Crippen molar-refractivity contribution in [2.75, 3.05) is 26.2 Å². The highest BCUT2D eigenvalue weighted by molar-refractivity contribution is 5.85. The summed E-state index contributed by atoms with van der Waals surface area (Å²) >= 11 is 0. The van der Waals surface area contributed by atoms with Crippen LogP contribution in [-0.2, 0) is 9.53 Å². The Morgan fingerprint density at radius 1 is 1.08 bits per heavy atom. The van der Waals surface area contributed by atoms with Gasteiger partial charge in [-0.3, -0.25) is 4.79 Å². The Kier molecular flexibility index (Phi) is 8.62. The molecule has 4 nitrogen and oxygen atoms in total. The summed E-state index contributed by atoms with van der Waals surface area (Å²) in [4.78, 5) is 12.1. The van der Waals surface area contributed by atoms with E-state index in [0.29, 0.717) is 19.6 Å². The predicted molar refractivity (Wildman–Crippen MR) is 107 cm³/mol. The molecule has 0 saturated carbocycles. The SMILES string of the molecule is Cl.O=C(CC1CNCCO1)NCCC(c1ccccc1)c1ccccc1. The van der Waals surface area contributed by atoms with E-state index in [1.807, 2.05) is 12.1 Å². The Labute approximate surface area is 161 Å². The average molecular weight is 375 g/mol. The van der Waals surface area contributed by atoms with Crippen molar-refractivity contribution < 1.29 is 9.53 Å². The third kappa shape index (κ3) is 6.13. The van der Waals surface area contributed by atoms with Crippen molar-refractivity contribution in [2.24, 2.45) is 0 Å². The van der Waals surface area contributed by atoms with Crippen LogP contribution in [0.4, 0.5) is 0 Å². The van der Waals surface area contributed by atoms with Crippen LogP contribution in [0.1, 0.15) is 29.9 Å². The van der Waals surface area contributed by atoms with Gasteiger partial charge in [0.1, 0.15) is 0 Å². The molecule has 2 aromatic rings. The van der Waals surface area contributed by atoms with E-state index >= 15 is 0 Å². The molecule has 1 amide bonds. The number of hydrogen-bond acceptors (Lipinski definition) is 3. The summed E-state index contributed by atoms with van der Waals surface area (Å²) in [6.45, 7) is 2.97. The molecule has 1 atom stereocenters. The molecule has 0 bridgehead atoms. The van der Waals surface area contributed by atoms with E-state index in [4.69, 9.17) is 4.74 Å². The van der Waals surface area contributed by atoms with Gasteiger partial charge in [0.25, 0.3) is 0 Å². The van der Waals surface area contributed by atoms with Gasteiger partial charge >= 0.3 is 0 Å². The van der Waals surface area contributed by atoms with Gasteiger partial charge in [-0.15, -0.1) is 12.4 Å². The maximum absolute atomic E-state index is 12.1. The first-order valence-electron chi connectivity index (χ1n) is 9.02. The van der Waals surface area contributed by atoms with Gasteiger partial charge in [-0.1, -0.05) is 60.7 Å². The molecule has 0 aromatic heterocycles. The minimum atomic E-state index is -0.00667. The standard InChI is InChI=1S/C21H26N2O2.ClH/c24-21(15-19-16-22-13-14-25-19)23-12-11-20(17-7-3-1-4-8-17)18-9-5-2-6-10-18;/h1-10,19-20,22H,11-16H2,(H,23,24);1H. The molecule has 5 heteroatoms. The monoisotopic (exact) mass is 374 g/mol. The van der Waals surface area contributed by atoms with E-state index in [-0.39, 0.29) is 30.3 Å². The molecule has 2 N–H and O–H groups in total. The Bertz CT molecular complexity index is 606. The normalized spacial score (nSPS) is 16.7. The summed E-state index contributed by atoms with van der Waals surface area (Å²) in [5.41, 5.74) is 2.56. The second-order valence-electron chi connectivity index (χ2n) is 6.41. The molecule has 1 fully saturated rings. The first-order valence-corrected chi connectivity index (χ1v) is 9.02. The third-order valence-corrected chi connectivity index (χ3v) is 4.58. The Morgan fingerprint density at radius 3 is 2.23 bits per heavy atom. The van der Waals surface area contributed by atoms with Crippen LogP contribution >= 0.6 is 12.4 Å². The van der Waals surface area contributed by atoms with Crippen molar-refractivity contribution in [3.8, 4) is 0 Å². The van der Waals surface area contributed by atoms with Gasteiger partial charge in [-0.05, 0) is 17.5 Å². The zero-order chi connectivity index (χ0) is 17.3. The van der Waals surface area contributed by atoms with Crippen molar-refractivity contribution in [3.63, 3.8) is 0 Å². The number of benzene rings is 2. The number of halogens is 1. The van der Waals surface area contributed by atoms with E-state index in [0.717, 1.165) is 19.5 Å². The summed E-state index contributed by atoms with van der Waals surface area (Å²) in [6.07, 6.45) is 1.30. The number of hydrogen-bond donors (Lipinski definition) is 2. The Morgan fingerprint density at radius 2 is 1.69 bits per heavy atom. The van der Waals surface area contributed by atoms with Gasteiger partial charge in [0.05, 0.1) is 19.1 Å². The summed E-state index contributed by atoms with van der Waals surface area (Å²) in [6, 6.07) is 20.9. The molecule has 3 rings (SSSR count). The zero-order valence-electron chi connectivity index (χ0n) is 14.9. The quantitative estimate of drug-likeness (QED) is 0.782. The van der Waals surface area contributed by atoms with Crippen LogP contribution in [0, 0.1) is 0 Å². The second kappa shape index (κ2) is 11.0. The van der Waals surface area contributed by atoms with Gasteiger partial charge in [0.15, 0.2) is 0 Å². The van der Waals surface area contributed by atoms with Gasteiger partial charge in [-0.2, -0.15) is 0 Å². The summed E-state index contributed by atoms with van der Waals surface area (Å²) in [7, 11) is 0. The first-order chi connectivity index (χ1) is 12.3. The zero-order valence-corrected chi connectivity index (χ0v) is 15.7. The topological polar surface area (TPSA) is 50.4 Å². The fourth-order valence-corrected chi connectivity index (χ4v) is 3.28. The van der Waals surface area contributed by atoms with E-state index in [9.17, 15) is 4.79 Å². The fraction of sp³-hybridized carbons (Fsp3) is 0.381. The van der Waals surface area contributed by atoms with Gasteiger partial charge in [-0.25, -0.2) is 0 Å². The lowest BCUT2D eigenvalue weighted by atomic mass is 9.88. The molecular weight excluding hydrogens is 348 g/mol. The fourth-order valence-electron chi connectivity index (χ4n) is 3.28. The molecule has 1 aliphatic heterocycles. The maximum atomic E-state index is 12.1. The van der Waals surface area contributed by atoms with E-state index in [1.54, 1.807) is 0 Å². The van der Waals surface area contributed by atoms with Gasteiger partial charge < -0.3 is 15.4 Å². The number of carbonyl (C=O) groups excluding carboxylic acids is 1. The van der Waals surface area contributed by atoms with Crippen LogP contribution < -0.4 is 10.6 Å². The molecule has 0 radical (unpaired) electrons. The Balaban J connectivity index is 0.00000243. The minimum absolute atomic E-state index is 0. The first kappa shape index (κ1) is 20.4. The van der Waals surface area contributed by atoms with Crippen molar-refractivity contribution in [2.45, 2.75) is 24.9 Å². The number of nitrogens with one attached hydrogen (secondary N) is 2. The molecule has 1 saturated heterocycles. The molecule has 0 spiro atoms. The summed E-state index contributed by atoms with van der Waals surface area (Å²) in [5, 5.41) is 6.31. The van der Waals surface area contributed by atoms with Crippen molar-refractivity contribution >= 4 is 18.3 Å². The molecule has 1 unspecified atom stereocenters. The van der Waals surface area contributed by atoms with Gasteiger partial charge in [0.2, 0.25) is 5.91 Å². The Hall–Kier alpha value is -1.88. The molecular formula is C21H27ClN2O2. The number of amides is 1. The number of rotatable bonds is 7. The van der Waals surface area contributed by atoms with Crippen LogP contribution in [0.2, 0.25) is 0 Å². The van der Waals surface area contributed by atoms with Crippen molar-refractivity contribution in [3.05, 3.63) is 71.8 Å². The van der Waals surface area contributed by atoms with E-state index in [2.05, 4.69) is 59.2 Å². The largest absolute Gasteiger partial charge is 0.375 e. The third-order valence-electron chi connectivity index (χ3n) is 4.58. The lowest BCUT2D eigenvalue weighted by Gasteiger charge is -2.23. The number of ether oxygens (including phenoxy) is 1. The molecule has 2 aromatic carbocycles. The number of morpholine rings is 1. The molecule has 140 valence electrons. The second-order valence-corrected chi connectivity index (χ2v) is 6.41. The molecule has 26 heavy (non-hydrogen) atoms. The molecule has 1 heterocycles. The highest BCUT2D eigenvalue weighted by Crippen LogP contribution is 2.27. The smallest absolute Gasteiger partial charge is 0.222 e. The van der Waals surface area contributed by atoms with Crippen molar-refractivity contribution in [1.29, 1.82) is 0 Å². The summed E-state index contributed by atoms with van der Waals surface area (Å²) in [5.74, 6) is 0.351. The lowest BCUT2D eigenvalue weighted by Crippen LogP contribution is -2.41. The maximum Gasteiger partial charge on any atom is 0.222 e. The van der Waals surface area contributed by atoms with Crippen LogP contribution in [-0.4, -0.2) is 38.3 Å². The lowest BCUT2D eigenvalue weighted by molar-refractivity contribution is -0.124. The van der Waals surface area contributed by atoms with Crippen molar-refractivity contribution in [1.82, 2.24) is 10.6 Å². The van der Waals surface area contributed by atoms with Crippen LogP contribution in [0.25, 0.3) is 0 Å². The highest BCUT2D eigenvalue weighted by Gasteiger charge is 2.18. The minimum Gasteiger partial charge on any atom is -0.375 e. The molecule has 0 aliphatic carbocycles. The van der Waals surface area contributed by atoms with Crippen LogP contribution in [0.3, 0.4) is 0 Å². The van der Waals surface area contributed by atoms with Crippen LogP contribution in [0.15, 0.2) is 60.7 Å². The van der Waals surface area contributed by atoms with E-state index < -0.39 is 0 Å². The van der Waals surface area contributed by atoms with Crippen LogP contribution in [0.5, 0.6) is 0 Å². The highest BCUT2D eigenvalue weighted by atomic mass is 35.5. The van der Waals surface area contributed by atoms with E-state index in [1.165, 1.54) is 11.1 Å². The van der Waals surface area contributed by atoms with Gasteiger partial charge in [0, 0.05) is 25.6 Å². The summed E-state index contributed by atoms with van der Waals surface area (Å²) < 4.78 is 5.59. The predicted octanol–water partition coefficient (Wildman–Crippen LogP) is 3.13. The average Bonchev–Trinajstić information content (AvgIpc) is 2.67.